The van der Waals surface area contributed by atoms with Gasteiger partial charge in [0, 0.05) is 16.2 Å². The molecule has 1 aliphatic rings. The summed E-state index contributed by atoms with van der Waals surface area (Å²) in [6.45, 7) is 2.21. The van der Waals surface area contributed by atoms with E-state index in [9.17, 15) is 9.36 Å². The van der Waals surface area contributed by atoms with Gasteiger partial charge in [-0.1, -0.05) is 99.0 Å². The molecule has 142 valence electrons. The van der Waals surface area contributed by atoms with Gasteiger partial charge in [-0.15, -0.1) is 0 Å². The maximum absolute atomic E-state index is 14.1. The van der Waals surface area contributed by atoms with Gasteiger partial charge < -0.3 is 4.57 Å². The number of hydrogen-bond donors (Lipinski definition) is 0. The van der Waals surface area contributed by atoms with Crippen LogP contribution in [0.5, 0.6) is 0 Å². The summed E-state index contributed by atoms with van der Waals surface area (Å²) in [6.07, 6.45) is 5.92. The molecular formula is C25H25O2P. The van der Waals surface area contributed by atoms with Crippen molar-refractivity contribution in [3.63, 3.8) is 0 Å². The minimum absolute atomic E-state index is 0.262. The molecule has 0 radical (unpaired) electrons. The zero-order chi connectivity index (χ0) is 19.6. The van der Waals surface area contributed by atoms with Crippen LogP contribution in [0.3, 0.4) is 0 Å². The Balaban J connectivity index is 1.65. The number of benzene rings is 3. The quantitative estimate of drug-likeness (QED) is 0.371. The molecule has 0 amide bonds. The van der Waals surface area contributed by atoms with E-state index in [2.05, 4.69) is 6.92 Å². The molecule has 0 fully saturated rings. The highest BCUT2D eigenvalue weighted by molar-refractivity contribution is 7.94. The average Bonchev–Trinajstić information content (AvgIpc) is 3.02. The summed E-state index contributed by atoms with van der Waals surface area (Å²) in [5.74, 6) is 0. The van der Waals surface area contributed by atoms with Gasteiger partial charge in [0.2, 0.25) is 12.7 Å². The second-order valence-corrected chi connectivity index (χ2v) is 10.0. The number of unbranched alkanes of at least 4 members (excludes halogenated alkanes) is 3. The van der Waals surface area contributed by atoms with Crippen LogP contribution in [0.15, 0.2) is 72.8 Å². The number of carbonyl (C=O) groups excluding carboxylic acids is 1. The highest BCUT2D eigenvalue weighted by atomic mass is 31.2. The first-order valence-corrected chi connectivity index (χ1v) is 11.8. The predicted molar refractivity (Wildman–Crippen MR) is 117 cm³/mol. The molecule has 0 N–H and O–H groups in total. The maximum Gasteiger partial charge on any atom is 0.230 e. The van der Waals surface area contributed by atoms with Crippen molar-refractivity contribution in [1.29, 1.82) is 0 Å². The van der Waals surface area contributed by atoms with E-state index in [4.69, 9.17) is 0 Å². The summed E-state index contributed by atoms with van der Waals surface area (Å²) in [4.78, 5) is 13.4. The second-order valence-electron chi connectivity index (χ2n) is 7.46. The van der Waals surface area contributed by atoms with Gasteiger partial charge >= 0.3 is 0 Å². The SMILES string of the molecule is CCCCCCc1ccc(C(=O)P2(=O)c3ccccc3-c3ccccc32)cc1. The van der Waals surface area contributed by atoms with Gasteiger partial charge in [-0.05, 0) is 29.5 Å². The van der Waals surface area contributed by atoms with Crippen molar-refractivity contribution in [3.05, 3.63) is 83.9 Å². The van der Waals surface area contributed by atoms with E-state index < -0.39 is 7.14 Å². The third-order valence-corrected chi connectivity index (χ3v) is 8.55. The summed E-state index contributed by atoms with van der Waals surface area (Å²) < 4.78 is 14.1. The van der Waals surface area contributed by atoms with Gasteiger partial charge in [-0.3, -0.25) is 4.79 Å². The van der Waals surface area contributed by atoms with Gasteiger partial charge in [-0.2, -0.15) is 0 Å². The Labute approximate surface area is 167 Å². The lowest BCUT2D eigenvalue weighted by atomic mass is 10.1. The molecular weight excluding hydrogens is 363 g/mol. The van der Waals surface area contributed by atoms with Crippen LogP contribution in [-0.4, -0.2) is 5.52 Å². The Bertz CT molecular complexity index is 1000. The fourth-order valence-electron chi connectivity index (χ4n) is 4.05. The highest BCUT2D eigenvalue weighted by Crippen LogP contribution is 2.54. The lowest BCUT2D eigenvalue weighted by Crippen LogP contribution is -2.18. The van der Waals surface area contributed by atoms with Crippen LogP contribution in [0.25, 0.3) is 11.1 Å². The maximum atomic E-state index is 14.1. The van der Waals surface area contributed by atoms with Crippen molar-refractivity contribution in [2.75, 3.05) is 0 Å². The van der Waals surface area contributed by atoms with Gasteiger partial charge in [-0.25, -0.2) is 0 Å². The number of fused-ring (bicyclic) bond motifs is 3. The Morgan fingerprint density at radius 2 is 1.32 bits per heavy atom. The molecule has 0 unspecified atom stereocenters. The largest absolute Gasteiger partial charge is 0.305 e. The van der Waals surface area contributed by atoms with Crippen molar-refractivity contribution in [2.24, 2.45) is 0 Å². The molecule has 0 atom stereocenters. The van der Waals surface area contributed by atoms with Crippen LogP contribution >= 0.6 is 7.14 Å². The van der Waals surface area contributed by atoms with Crippen molar-refractivity contribution in [2.45, 2.75) is 39.0 Å². The summed E-state index contributed by atoms with van der Waals surface area (Å²) >= 11 is 0. The molecule has 0 aromatic heterocycles. The number of rotatable bonds is 7. The molecule has 28 heavy (non-hydrogen) atoms. The Hall–Kier alpha value is -2.44. The van der Waals surface area contributed by atoms with E-state index in [1.54, 1.807) is 0 Å². The summed E-state index contributed by atoms with van der Waals surface area (Å²) in [7, 11) is -3.35. The minimum Gasteiger partial charge on any atom is -0.305 e. The molecule has 0 saturated carbocycles. The number of carbonyl (C=O) groups is 1. The first-order valence-electron chi connectivity index (χ1n) is 10.1. The molecule has 3 aromatic rings. The zero-order valence-electron chi connectivity index (χ0n) is 16.2. The van der Waals surface area contributed by atoms with Crippen LogP contribution < -0.4 is 10.6 Å². The zero-order valence-corrected chi connectivity index (χ0v) is 17.1. The highest BCUT2D eigenvalue weighted by Gasteiger charge is 2.44. The lowest BCUT2D eigenvalue weighted by Gasteiger charge is -2.14. The molecule has 0 aliphatic carbocycles. The van der Waals surface area contributed by atoms with Crippen LogP contribution in [-0.2, 0) is 11.0 Å². The number of aryl methyl sites for hydroxylation is 1. The van der Waals surface area contributed by atoms with Crippen LogP contribution in [0, 0.1) is 0 Å². The van der Waals surface area contributed by atoms with E-state index in [-0.39, 0.29) is 5.52 Å². The van der Waals surface area contributed by atoms with Gasteiger partial charge in [0.05, 0.1) is 0 Å². The fraction of sp³-hybridized carbons (Fsp3) is 0.240. The van der Waals surface area contributed by atoms with Crippen LogP contribution in [0.1, 0.15) is 48.5 Å². The van der Waals surface area contributed by atoms with Crippen molar-refractivity contribution < 1.29 is 9.36 Å². The summed E-state index contributed by atoms with van der Waals surface area (Å²) in [5, 5.41) is 1.34. The van der Waals surface area contributed by atoms with Crippen LogP contribution in [0.2, 0.25) is 0 Å². The Morgan fingerprint density at radius 3 is 1.89 bits per heavy atom. The van der Waals surface area contributed by atoms with Gasteiger partial charge in [0.1, 0.15) is 0 Å². The van der Waals surface area contributed by atoms with Crippen LogP contribution in [0.4, 0.5) is 0 Å². The lowest BCUT2D eigenvalue weighted by molar-refractivity contribution is 0.107. The molecule has 1 heterocycles. The third-order valence-electron chi connectivity index (χ3n) is 5.58. The van der Waals surface area contributed by atoms with Crippen molar-refractivity contribution in [3.8, 4) is 11.1 Å². The smallest absolute Gasteiger partial charge is 0.230 e. The number of hydrogen-bond acceptors (Lipinski definition) is 2. The molecule has 0 saturated heterocycles. The van der Waals surface area contributed by atoms with Gasteiger partial charge in [0.15, 0.2) is 0 Å². The third kappa shape index (κ3) is 3.16. The van der Waals surface area contributed by atoms with Gasteiger partial charge in [0.25, 0.3) is 0 Å². The van der Waals surface area contributed by atoms with Crippen molar-refractivity contribution in [1.82, 2.24) is 0 Å². The average molecular weight is 388 g/mol. The van der Waals surface area contributed by atoms with E-state index in [0.717, 1.165) is 17.5 Å². The second kappa shape index (κ2) is 7.89. The molecule has 4 rings (SSSR count). The fourth-order valence-corrected chi connectivity index (χ4v) is 6.92. The topological polar surface area (TPSA) is 34.1 Å². The predicted octanol–water partition coefficient (Wildman–Crippen LogP) is 5.94. The van der Waals surface area contributed by atoms with E-state index in [1.165, 1.54) is 31.2 Å². The molecule has 2 nitrogen and oxygen atoms in total. The van der Waals surface area contributed by atoms with Crippen molar-refractivity contribution >= 4 is 23.3 Å². The standard InChI is InChI=1S/C25H25O2P/c1-2-3-4-5-10-19-15-17-20(18-16-19)25(26)28(27)23-13-8-6-11-21(23)22-12-7-9-14-24(22)28/h6-9,11-18H,2-5,10H2,1H3. The first kappa shape index (κ1) is 18.9. The molecule has 1 aliphatic heterocycles. The first-order chi connectivity index (χ1) is 13.7. The Kier molecular flexibility index (Phi) is 5.33. The van der Waals surface area contributed by atoms with E-state index in [0.29, 0.717) is 16.2 Å². The monoisotopic (exact) mass is 388 g/mol. The summed E-state index contributed by atoms with van der Waals surface area (Å²) in [5.41, 5.74) is 3.34. The molecule has 3 aromatic carbocycles. The Morgan fingerprint density at radius 1 is 0.750 bits per heavy atom. The minimum atomic E-state index is -3.35. The molecule has 0 bridgehead atoms. The summed E-state index contributed by atoms with van der Waals surface area (Å²) in [6, 6.07) is 22.9. The van der Waals surface area contributed by atoms with E-state index in [1.807, 2.05) is 72.8 Å². The molecule has 3 heteroatoms. The molecule has 0 spiro atoms. The normalized spacial score (nSPS) is 13.8. The van der Waals surface area contributed by atoms with E-state index >= 15 is 0 Å².